The zero-order chi connectivity index (χ0) is 8.97. The van der Waals surface area contributed by atoms with Crippen molar-refractivity contribution in [3.63, 3.8) is 0 Å². The maximum absolute atomic E-state index is 8.75. The highest BCUT2D eigenvalue weighted by Gasteiger charge is 1.96. The van der Waals surface area contributed by atoms with E-state index < -0.39 is 0 Å². The summed E-state index contributed by atoms with van der Waals surface area (Å²) in [5.74, 6) is 0. The molecular weight excluding hydrogens is 152 g/mol. The van der Waals surface area contributed by atoms with Crippen LogP contribution in [0.4, 0.5) is 0 Å². The van der Waals surface area contributed by atoms with Crippen LogP contribution in [0.3, 0.4) is 0 Å². The fourth-order valence-corrected chi connectivity index (χ4v) is 0.799. The van der Waals surface area contributed by atoms with Gasteiger partial charge in [-0.3, -0.25) is 4.57 Å². The average Bonchev–Trinajstić information content (AvgIpc) is 2.51. The maximum Gasteiger partial charge on any atom is 0.141 e. The number of nitriles is 1. The molecule has 0 aliphatic carbocycles. The predicted octanol–water partition coefficient (Wildman–Crippen LogP) is 0.767. The van der Waals surface area contributed by atoms with Gasteiger partial charge in [0.05, 0.1) is 6.33 Å². The van der Waals surface area contributed by atoms with Gasteiger partial charge in [-0.15, -0.1) is 0 Å². The second-order valence-electron chi connectivity index (χ2n) is 2.56. The molecule has 0 saturated heterocycles. The Labute approximate surface area is 71.4 Å². The Kier molecular flexibility index (Phi) is 2.49. The van der Waals surface area contributed by atoms with Crippen LogP contribution in [0, 0.1) is 11.3 Å². The summed E-state index contributed by atoms with van der Waals surface area (Å²) in [7, 11) is 3.74. The molecule has 0 aliphatic heterocycles. The third kappa shape index (κ3) is 1.86. The molecule has 12 heavy (non-hydrogen) atoms. The molecule has 0 aromatic carbocycles. The standard InChI is InChI=1S/C8H10N4/c1-11(2)6-8(5-9)12-4-3-10-7-12/h3-4,6-7H,1-2H3. The molecule has 0 bridgehead atoms. The van der Waals surface area contributed by atoms with Crippen molar-refractivity contribution in [1.82, 2.24) is 14.5 Å². The summed E-state index contributed by atoms with van der Waals surface area (Å²) in [6.45, 7) is 0. The molecule has 0 spiro atoms. The van der Waals surface area contributed by atoms with Gasteiger partial charge in [0.2, 0.25) is 0 Å². The molecular formula is C8H10N4. The van der Waals surface area contributed by atoms with Crippen molar-refractivity contribution < 1.29 is 0 Å². The third-order valence-electron chi connectivity index (χ3n) is 1.28. The highest BCUT2D eigenvalue weighted by atomic mass is 15.1. The number of aromatic nitrogens is 2. The van der Waals surface area contributed by atoms with E-state index >= 15 is 0 Å². The van der Waals surface area contributed by atoms with Crippen LogP contribution in [0.25, 0.3) is 5.70 Å². The minimum Gasteiger partial charge on any atom is -0.381 e. The summed E-state index contributed by atoms with van der Waals surface area (Å²) < 4.78 is 1.67. The smallest absolute Gasteiger partial charge is 0.141 e. The normalized spacial score (nSPS) is 10.9. The molecule has 0 radical (unpaired) electrons. The summed E-state index contributed by atoms with van der Waals surface area (Å²) in [6, 6.07) is 2.08. The maximum atomic E-state index is 8.75. The highest BCUT2D eigenvalue weighted by Crippen LogP contribution is 2.01. The van der Waals surface area contributed by atoms with Gasteiger partial charge < -0.3 is 4.90 Å². The van der Waals surface area contributed by atoms with Crippen LogP contribution >= 0.6 is 0 Å². The zero-order valence-corrected chi connectivity index (χ0v) is 7.10. The summed E-state index contributed by atoms with van der Waals surface area (Å²) in [5, 5.41) is 8.75. The molecule has 0 aliphatic rings. The van der Waals surface area contributed by atoms with Gasteiger partial charge in [-0.25, -0.2) is 4.98 Å². The number of allylic oxidation sites excluding steroid dienone is 1. The molecule has 62 valence electrons. The lowest BCUT2D eigenvalue weighted by Crippen LogP contribution is -2.04. The second kappa shape index (κ2) is 3.58. The number of imidazole rings is 1. The lowest BCUT2D eigenvalue weighted by Gasteiger charge is -2.05. The van der Waals surface area contributed by atoms with Crippen molar-refractivity contribution >= 4 is 5.70 Å². The third-order valence-corrected chi connectivity index (χ3v) is 1.28. The van der Waals surface area contributed by atoms with Gasteiger partial charge in [0.15, 0.2) is 0 Å². The Hall–Kier alpha value is -1.76. The number of rotatable bonds is 2. The van der Waals surface area contributed by atoms with E-state index in [0.717, 1.165) is 0 Å². The first-order valence-corrected chi connectivity index (χ1v) is 3.50. The van der Waals surface area contributed by atoms with E-state index in [4.69, 9.17) is 5.26 Å². The molecule has 0 unspecified atom stereocenters. The van der Waals surface area contributed by atoms with Crippen LogP contribution in [0.5, 0.6) is 0 Å². The van der Waals surface area contributed by atoms with Gasteiger partial charge in [0.1, 0.15) is 11.8 Å². The first kappa shape index (κ1) is 8.34. The van der Waals surface area contributed by atoms with Crippen LogP contribution in [-0.2, 0) is 0 Å². The summed E-state index contributed by atoms with van der Waals surface area (Å²) in [5.41, 5.74) is 0.553. The van der Waals surface area contributed by atoms with E-state index in [9.17, 15) is 0 Å². The molecule has 1 rings (SSSR count). The first-order chi connectivity index (χ1) is 5.74. The summed E-state index contributed by atoms with van der Waals surface area (Å²) in [4.78, 5) is 5.67. The van der Waals surface area contributed by atoms with Gasteiger partial charge in [0.25, 0.3) is 0 Å². The topological polar surface area (TPSA) is 44.9 Å². The van der Waals surface area contributed by atoms with Gasteiger partial charge >= 0.3 is 0 Å². The Morgan fingerprint density at radius 2 is 2.42 bits per heavy atom. The van der Waals surface area contributed by atoms with E-state index in [1.165, 1.54) is 0 Å². The lowest BCUT2D eigenvalue weighted by atomic mass is 10.5. The van der Waals surface area contributed by atoms with Gasteiger partial charge in [-0.2, -0.15) is 5.26 Å². The van der Waals surface area contributed by atoms with E-state index in [2.05, 4.69) is 11.1 Å². The fraction of sp³-hybridized carbons (Fsp3) is 0.250. The van der Waals surface area contributed by atoms with Crippen LogP contribution in [0.1, 0.15) is 0 Å². The predicted molar refractivity (Wildman–Crippen MR) is 45.8 cm³/mol. The van der Waals surface area contributed by atoms with Crippen molar-refractivity contribution in [1.29, 1.82) is 5.26 Å². The molecule has 4 heteroatoms. The monoisotopic (exact) mass is 162 g/mol. The van der Waals surface area contributed by atoms with E-state index in [-0.39, 0.29) is 0 Å². The van der Waals surface area contributed by atoms with Crippen molar-refractivity contribution in [2.75, 3.05) is 14.1 Å². The van der Waals surface area contributed by atoms with Crippen LogP contribution < -0.4 is 0 Å². The molecule has 0 fully saturated rings. The second-order valence-corrected chi connectivity index (χ2v) is 2.56. The molecule has 4 nitrogen and oxygen atoms in total. The Morgan fingerprint density at radius 3 is 2.83 bits per heavy atom. The quantitative estimate of drug-likeness (QED) is 0.603. The fourth-order valence-electron chi connectivity index (χ4n) is 0.799. The number of hydrogen-bond acceptors (Lipinski definition) is 3. The lowest BCUT2D eigenvalue weighted by molar-refractivity contribution is 0.563. The van der Waals surface area contributed by atoms with Crippen LogP contribution in [0.2, 0.25) is 0 Å². The Balaban J connectivity index is 2.93. The molecule has 0 saturated carbocycles. The van der Waals surface area contributed by atoms with Crippen molar-refractivity contribution in [3.05, 3.63) is 24.9 Å². The molecule has 0 N–H and O–H groups in total. The Bertz CT molecular complexity index is 302. The Morgan fingerprint density at radius 1 is 1.67 bits per heavy atom. The zero-order valence-electron chi connectivity index (χ0n) is 7.10. The summed E-state index contributed by atoms with van der Waals surface area (Å²) in [6.07, 6.45) is 6.71. The van der Waals surface area contributed by atoms with Crippen molar-refractivity contribution in [2.24, 2.45) is 0 Å². The van der Waals surface area contributed by atoms with Gasteiger partial charge in [-0.1, -0.05) is 0 Å². The van der Waals surface area contributed by atoms with Crippen molar-refractivity contribution in [3.8, 4) is 6.07 Å². The van der Waals surface area contributed by atoms with E-state index in [1.54, 1.807) is 29.5 Å². The summed E-state index contributed by atoms with van der Waals surface area (Å²) >= 11 is 0. The number of hydrogen-bond donors (Lipinski definition) is 0. The molecule has 0 atom stereocenters. The minimum atomic E-state index is 0.553. The van der Waals surface area contributed by atoms with Gasteiger partial charge in [-0.05, 0) is 0 Å². The number of nitrogens with zero attached hydrogens (tertiary/aromatic N) is 4. The van der Waals surface area contributed by atoms with Crippen LogP contribution in [0.15, 0.2) is 24.9 Å². The van der Waals surface area contributed by atoms with Crippen molar-refractivity contribution in [2.45, 2.75) is 0 Å². The molecule has 1 heterocycles. The average molecular weight is 162 g/mol. The molecule has 1 aromatic rings. The SMILES string of the molecule is CN(C)C=C(C#N)n1ccnc1. The van der Waals surface area contributed by atoms with E-state index in [1.807, 2.05) is 19.0 Å². The minimum absolute atomic E-state index is 0.553. The van der Waals surface area contributed by atoms with Gasteiger partial charge in [0, 0.05) is 32.7 Å². The highest BCUT2D eigenvalue weighted by molar-refractivity contribution is 5.59. The molecule has 0 amide bonds. The first-order valence-electron chi connectivity index (χ1n) is 3.50. The molecule has 1 aromatic heterocycles. The largest absolute Gasteiger partial charge is 0.381 e. The van der Waals surface area contributed by atoms with Crippen LogP contribution in [-0.4, -0.2) is 28.5 Å². The van der Waals surface area contributed by atoms with E-state index in [0.29, 0.717) is 5.70 Å².